The van der Waals surface area contributed by atoms with E-state index in [1.54, 1.807) is 6.33 Å². The minimum Gasteiger partial charge on any atom is -0.343 e. The molecule has 0 saturated carbocycles. The minimum absolute atomic E-state index is 0.770. The Morgan fingerprint density at radius 2 is 2.06 bits per heavy atom. The SMILES string of the molecule is c1ccc(CCc2cnc3nc[nH]c3c2)nc1. The number of rotatable bonds is 3. The van der Waals surface area contributed by atoms with Crippen LogP contribution in [0.1, 0.15) is 11.3 Å². The summed E-state index contributed by atoms with van der Waals surface area (Å²) in [6.45, 7) is 0. The largest absolute Gasteiger partial charge is 0.343 e. The average Bonchev–Trinajstić information content (AvgIpc) is 2.85. The normalized spacial score (nSPS) is 10.8. The van der Waals surface area contributed by atoms with Crippen LogP contribution < -0.4 is 0 Å². The monoisotopic (exact) mass is 224 g/mol. The van der Waals surface area contributed by atoms with Crippen molar-refractivity contribution in [1.29, 1.82) is 0 Å². The predicted molar refractivity (Wildman–Crippen MR) is 65.5 cm³/mol. The van der Waals surface area contributed by atoms with Gasteiger partial charge in [0.25, 0.3) is 0 Å². The second kappa shape index (κ2) is 4.33. The Labute approximate surface area is 98.8 Å². The van der Waals surface area contributed by atoms with Gasteiger partial charge >= 0.3 is 0 Å². The van der Waals surface area contributed by atoms with Crippen molar-refractivity contribution in [1.82, 2.24) is 19.9 Å². The summed E-state index contributed by atoms with van der Waals surface area (Å²) in [6, 6.07) is 8.08. The van der Waals surface area contributed by atoms with E-state index in [2.05, 4.69) is 26.0 Å². The van der Waals surface area contributed by atoms with Gasteiger partial charge in [0.1, 0.15) is 0 Å². The van der Waals surface area contributed by atoms with Crippen molar-refractivity contribution in [2.24, 2.45) is 0 Å². The van der Waals surface area contributed by atoms with Crippen molar-refractivity contribution >= 4 is 11.2 Å². The zero-order chi connectivity index (χ0) is 11.5. The molecule has 0 spiro atoms. The molecule has 0 unspecified atom stereocenters. The van der Waals surface area contributed by atoms with Crippen molar-refractivity contribution in [2.45, 2.75) is 12.8 Å². The van der Waals surface area contributed by atoms with Crippen LogP contribution in [0, 0.1) is 0 Å². The van der Waals surface area contributed by atoms with E-state index in [0.717, 1.165) is 29.7 Å². The first-order valence-electron chi connectivity index (χ1n) is 5.60. The van der Waals surface area contributed by atoms with Crippen molar-refractivity contribution in [3.8, 4) is 0 Å². The van der Waals surface area contributed by atoms with E-state index in [1.165, 1.54) is 5.56 Å². The number of fused-ring (bicyclic) bond motifs is 1. The fraction of sp³-hybridized carbons (Fsp3) is 0.154. The molecule has 0 aromatic carbocycles. The molecule has 0 atom stereocenters. The van der Waals surface area contributed by atoms with E-state index < -0.39 is 0 Å². The summed E-state index contributed by atoms with van der Waals surface area (Å²) in [5, 5.41) is 0. The minimum atomic E-state index is 0.770. The molecular weight excluding hydrogens is 212 g/mol. The van der Waals surface area contributed by atoms with Crippen LogP contribution in [-0.2, 0) is 12.8 Å². The van der Waals surface area contributed by atoms with E-state index in [9.17, 15) is 0 Å². The molecule has 0 radical (unpaired) electrons. The molecule has 3 heterocycles. The van der Waals surface area contributed by atoms with Crippen LogP contribution >= 0.6 is 0 Å². The molecule has 0 fully saturated rings. The molecule has 84 valence electrons. The summed E-state index contributed by atoms with van der Waals surface area (Å²) in [6.07, 6.45) is 7.25. The molecule has 1 N–H and O–H groups in total. The number of pyridine rings is 2. The fourth-order valence-corrected chi connectivity index (χ4v) is 1.83. The third-order valence-corrected chi connectivity index (χ3v) is 2.73. The van der Waals surface area contributed by atoms with Crippen LogP contribution in [0.5, 0.6) is 0 Å². The van der Waals surface area contributed by atoms with Crippen molar-refractivity contribution in [3.63, 3.8) is 0 Å². The number of hydrogen-bond donors (Lipinski definition) is 1. The fourth-order valence-electron chi connectivity index (χ4n) is 1.83. The van der Waals surface area contributed by atoms with Crippen molar-refractivity contribution in [2.75, 3.05) is 0 Å². The Balaban J connectivity index is 1.76. The Morgan fingerprint density at radius 3 is 2.94 bits per heavy atom. The number of nitrogens with zero attached hydrogens (tertiary/aromatic N) is 3. The highest BCUT2D eigenvalue weighted by Crippen LogP contribution is 2.10. The van der Waals surface area contributed by atoms with Gasteiger partial charge in [-0.25, -0.2) is 9.97 Å². The molecule has 17 heavy (non-hydrogen) atoms. The summed E-state index contributed by atoms with van der Waals surface area (Å²) in [5.41, 5.74) is 4.07. The summed E-state index contributed by atoms with van der Waals surface area (Å²) >= 11 is 0. The van der Waals surface area contributed by atoms with E-state index in [4.69, 9.17) is 0 Å². The van der Waals surface area contributed by atoms with Gasteiger partial charge in [-0.2, -0.15) is 0 Å². The van der Waals surface area contributed by atoms with Crippen molar-refractivity contribution in [3.05, 3.63) is 54.2 Å². The number of hydrogen-bond acceptors (Lipinski definition) is 3. The maximum absolute atomic E-state index is 4.31. The van der Waals surface area contributed by atoms with Gasteiger partial charge in [-0.1, -0.05) is 6.07 Å². The van der Waals surface area contributed by atoms with Gasteiger partial charge in [0.05, 0.1) is 11.8 Å². The summed E-state index contributed by atoms with van der Waals surface area (Å²) in [4.78, 5) is 15.8. The summed E-state index contributed by atoms with van der Waals surface area (Å²) < 4.78 is 0. The number of nitrogens with one attached hydrogen (secondary N) is 1. The smallest absolute Gasteiger partial charge is 0.177 e. The standard InChI is InChI=1S/C13H12N4/c1-2-6-14-11(3-1)5-4-10-7-12-13(15-8-10)17-9-16-12/h1-3,6-9H,4-5H2,(H,15,16,17). The number of aryl methyl sites for hydroxylation is 2. The first-order valence-corrected chi connectivity index (χ1v) is 5.60. The highest BCUT2D eigenvalue weighted by atomic mass is 14.9. The number of aromatic nitrogens is 4. The number of aromatic amines is 1. The van der Waals surface area contributed by atoms with Crippen LogP contribution in [0.4, 0.5) is 0 Å². The van der Waals surface area contributed by atoms with Crippen molar-refractivity contribution < 1.29 is 0 Å². The molecule has 3 rings (SSSR count). The second-order valence-electron chi connectivity index (χ2n) is 3.94. The van der Waals surface area contributed by atoms with E-state index in [-0.39, 0.29) is 0 Å². The zero-order valence-electron chi connectivity index (χ0n) is 9.30. The molecule has 0 aliphatic carbocycles. The van der Waals surface area contributed by atoms with Gasteiger partial charge in [-0.05, 0) is 36.6 Å². The zero-order valence-corrected chi connectivity index (χ0v) is 9.30. The van der Waals surface area contributed by atoms with Crippen LogP contribution in [0.2, 0.25) is 0 Å². The van der Waals surface area contributed by atoms with Gasteiger partial charge in [0.2, 0.25) is 0 Å². The molecule has 0 aliphatic rings. The van der Waals surface area contributed by atoms with E-state index in [0.29, 0.717) is 0 Å². The summed E-state index contributed by atoms with van der Waals surface area (Å²) in [5.74, 6) is 0. The predicted octanol–water partition coefficient (Wildman–Crippen LogP) is 2.14. The number of imidazole rings is 1. The Kier molecular flexibility index (Phi) is 2.54. The van der Waals surface area contributed by atoms with Gasteiger partial charge in [0, 0.05) is 18.1 Å². The Bertz CT molecular complexity index is 615. The summed E-state index contributed by atoms with van der Waals surface area (Å²) in [7, 11) is 0. The van der Waals surface area contributed by atoms with Gasteiger partial charge < -0.3 is 4.98 Å². The van der Waals surface area contributed by atoms with Crippen LogP contribution in [0.3, 0.4) is 0 Å². The molecule has 4 heteroatoms. The molecular formula is C13H12N4. The molecule has 4 nitrogen and oxygen atoms in total. The third kappa shape index (κ3) is 2.15. The first kappa shape index (κ1) is 9.96. The lowest BCUT2D eigenvalue weighted by molar-refractivity contribution is 0.909. The molecule has 0 aliphatic heterocycles. The average molecular weight is 224 g/mol. The maximum Gasteiger partial charge on any atom is 0.177 e. The molecule has 0 amide bonds. The lowest BCUT2D eigenvalue weighted by Gasteiger charge is -2.00. The third-order valence-electron chi connectivity index (χ3n) is 2.73. The maximum atomic E-state index is 4.31. The Hall–Kier alpha value is -2.23. The van der Waals surface area contributed by atoms with Crippen LogP contribution in [-0.4, -0.2) is 19.9 Å². The first-order chi connectivity index (χ1) is 8.42. The van der Waals surface area contributed by atoms with Crippen LogP contribution in [0.25, 0.3) is 11.2 Å². The lowest BCUT2D eigenvalue weighted by atomic mass is 10.1. The quantitative estimate of drug-likeness (QED) is 0.741. The van der Waals surface area contributed by atoms with E-state index in [1.807, 2.05) is 30.6 Å². The molecule has 3 aromatic rings. The van der Waals surface area contributed by atoms with Gasteiger partial charge in [-0.15, -0.1) is 0 Å². The van der Waals surface area contributed by atoms with Crippen LogP contribution in [0.15, 0.2) is 43.0 Å². The van der Waals surface area contributed by atoms with Gasteiger partial charge in [-0.3, -0.25) is 4.98 Å². The molecule has 0 saturated heterocycles. The number of H-pyrrole nitrogens is 1. The molecule has 3 aromatic heterocycles. The Morgan fingerprint density at radius 1 is 1.06 bits per heavy atom. The highest BCUT2D eigenvalue weighted by Gasteiger charge is 2.01. The highest BCUT2D eigenvalue weighted by molar-refractivity contribution is 5.70. The second-order valence-corrected chi connectivity index (χ2v) is 3.94. The lowest BCUT2D eigenvalue weighted by Crippen LogP contribution is -1.94. The molecule has 0 bridgehead atoms. The van der Waals surface area contributed by atoms with Gasteiger partial charge in [0.15, 0.2) is 5.65 Å². The van der Waals surface area contributed by atoms with E-state index >= 15 is 0 Å². The topological polar surface area (TPSA) is 54.5 Å².